The minimum atomic E-state index is -0.294. The number of carbonyl (C=O) groups is 1. The lowest BCUT2D eigenvalue weighted by molar-refractivity contribution is -0.153. The fourth-order valence-electron chi connectivity index (χ4n) is 4.97. The summed E-state index contributed by atoms with van der Waals surface area (Å²) in [5, 5.41) is 10.2. The zero-order valence-electron chi connectivity index (χ0n) is 15.6. The summed E-state index contributed by atoms with van der Waals surface area (Å²) in [5.74, 6) is 0.000525. The van der Waals surface area contributed by atoms with Gasteiger partial charge in [0.25, 0.3) is 0 Å². The van der Waals surface area contributed by atoms with E-state index in [-0.39, 0.29) is 35.3 Å². The number of nitrogens with zero attached hydrogens (tertiary/aromatic N) is 3. The zero-order chi connectivity index (χ0) is 18.5. The highest BCUT2D eigenvalue weighted by molar-refractivity contribution is 5.78. The van der Waals surface area contributed by atoms with Crippen LogP contribution in [0, 0.1) is 11.7 Å². The molecule has 0 radical (unpaired) electrons. The van der Waals surface area contributed by atoms with E-state index in [4.69, 9.17) is 0 Å². The van der Waals surface area contributed by atoms with Gasteiger partial charge < -0.3 is 10.0 Å². The van der Waals surface area contributed by atoms with Gasteiger partial charge in [-0.3, -0.25) is 14.6 Å². The van der Waals surface area contributed by atoms with Gasteiger partial charge in [-0.1, -0.05) is 26.0 Å². The Morgan fingerprint density at radius 2 is 1.92 bits per heavy atom. The molecule has 3 aliphatic heterocycles. The lowest BCUT2D eigenvalue weighted by Crippen LogP contribution is -2.78. The van der Waals surface area contributed by atoms with E-state index >= 15 is 0 Å². The normalized spacial score (nSPS) is 28.4. The molecule has 1 aromatic carbocycles. The van der Waals surface area contributed by atoms with Crippen LogP contribution in [0.4, 0.5) is 4.39 Å². The van der Waals surface area contributed by atoms with Crippen molar-refractivity contribution in [3.8, 4) is 0 Å². The van der Waals surface area contributed by atoms with Gasteiger partial charge in [-0.25, -0.2) is 4.39 Å². The Bertz CT molecular complexity index is 672. The van der Waals surface area contributed by atoms with Crippen LogP contribution in [0.1, 0.15) is 25.8 Å². The highest BCUT2D eigenvalue weighted by Gasteiger charge is 2.56. The molecule has 1 N–H and O–H groups in total. The molecule has 0 unspecified atom stereocenters. The molecule has 0 aromatic heterocycles. The first-order valence-electron chi connectivity index (χ1n) is 9.57. The minimum absolute atomic E-state index is 0.000298. The van der Waals surface area contributed by atoms with Crippen LogP contribution in [-0.4, -0.2) is 76.1 Å². The summed E-state index contributed by atoms with van der Waals surface area (Å²) in [6, 6.07) is 6.92. The van der Waals surface area contributed by atoms with Crippen LogP contribution >= 0.6 is 0 Å². The van der Waals surface area contributed by atoms with Crippen molar-refractivity contribution >= 4 is 5.91 Å². The van der Waals surface area contributed by atoms with Crippen LogP contribution in [0.3, 0.4) is 0 Å². The second kappa shape index (κ2) is 6.59. The van der Waals surface area contributed by atoms with E-state index in [1.807, 2.05) is 30.9 Å². The second-order valence-electron chi connectivity index (χ2n) is 8.57. The number of hydrogen-bond acceptors (Lipinski definition) is 4. The smallest absolute Gasteiger partial charge is 0.225 e. The summed E-state index contributed by atoms with van der Waals surface area (Å²) in [5.41, 5.74) is 1.05. The third-order valence-electron chi connectivity index (χ3n) is 6.08. The zero-order valence-corrected chi connectivity index (χ0v) is 15.6. The molecule has 3 heterocycles. The van der Waals surface area contributed by atoms with E-state index in [0.29, 0.717) is 6.54 Å². The summed E-state index contributed by atoms with van der Waals surface area (Å²) in [7, 11) is 0. The van der Waals surface area contributed by atoms with Gasteiger partial charge in [0.2, 0.25) is 5.91 Å². The molecule has 1 aromatic rings. The Kier molecular flexibility index (Phi) is 4.53. The number of amides is 1. The van der Waals surface area contributed by atoms with Gasteiger partial charge in [0.05, 0.1) is 11.6 Å². The molecular weight excluding hydrogens is 333 g/mol. The standard InChI is InChI=1S/C20H28FN3O2/c1-14(2)19(26)23-9-17-7-18(25)10-24(17)20(13-23)11-22(12-20)8-15-3-5-16(21)6-4-15/h3-6,14,17-18,25H,7-13H2,1-2H3/t17-,18+/m0/s1. The Hall–Kier alpha value is -1.50. The SMILES string of the molecule is CC(C)C(=O)N1C[C@@H]2C[C@@H](O)CN2C2(CN(Cc3ccc(F)cc3)C2)C1. The van der Waals surface area contributed by atoms with Crippen molar-refractivity contribution in [1.82, 2.24) is 14.7 Å². The first kappa shape index (κ1) is 17.9. The largest absolute Gasteiger partial charge is 0.392 e. The van der Waals surface area contributed by atoms with Crippen molar-refractivity contribution in [3.63, 3.8) is 0 Å². The number of fused-ring (bicyclic) bond motifs is 2. The Balaban J connectivity index is 1.47. The maximum Gasteiger partial charge on any atom is 0.225 e. The first-order chi connectivity index (χ1) is 12.4. The number of hydrogen-bond donors (Lipinski definition) is 1. The predicted molar refractivity (Wildman–Crippen MR) is 96.9 cm³/mol. The molecule has 5 nitrogen and oxygen atoms in total. The number of aliphatic hydroxyl groups excluding tert-OH is 1. The van der Waals surface area contributed by atoms with Crippen molar-refractivity contribution < 1.29 is 14.3 Å². The number of carbonyl (C=O) groups excluding carboxylic acids is 1. The fraction of sp³-hybridized carbons (Fsp3) is 0.650. The molecule has 1 spiro atoms. The van der Waals surface area contributed by atoms with Gasteiger partial charge in [0, 0.05) is 51.2 Å². The van der Waals surface area contributed by atoms with E-state index in [2.05, 4.69) is 9.80 Å². The molecule has 26 heavy (non-hydrogen) atoms. The molecular formula is C20H28FN3O2. The van der Waals surface area contributed by atoms with Crippen LogP contribution in [-0.2, 0) is 11.3 Å². The molecule has 3 fully saturated rings. The van der Waals surface area contributed by atoms with E-state index in [9.17, 15) is 14.3 Å². The monoisotopic (exact) mass is 361 g/mol. The van der Waals surface area contributed by atoms with Gasteiger partial charge >= 0.3 is 0 Å². The molecule has 3 aliphatic rings. The van der Waals surface area contributed by atoms with Gasteiger partial charge in [-0.05, 0) is 24.1 Å². The maximum absolute atomic E-state index is 13.1. The summed E-state index contributed by atoms with van der Waals surface area (Å²) < 4.78 is 13.1. The molecule has 3 saturated heterocycles. The molecule has 6 heteroatoms. The molecule has 1 amide bonds. The minimum Gasteiger partial charge on any atom is -0.392 e. The average Bonchev–Trinajstić information content (AvgIpc) is 2.95. The van der Waals surface area contributed by atoms with Crippen LogP contribution in [0.2, 0.25) is 0 Å². The van der Waals surface area contributed by atoms with E-state index < -0.39 is 0 Å². The van der Waals surface area contributed by atoms with Crippen molar-refractivity contribution in [1.29, 1.82) is 0 Å². The van der Waals surface area contributed by atoms with E-state index in [0.717, 1.165) is 44.7 Å². The van der Waals surface area contributed by atoms with Crippen LogP contribution < -0.4 is 0 Å². The van der Waals surface area contributed by atoms with Gasteiger partial charge in [-0.2, -0.15) is 0 Å². The quantitative estimate of drug-likeness (QED) is 0.882. The topological polar surface area (TPSA) is 47.0 Å². The van der Waals surface area contributed by atoms with E-state index in [1.54, 1.807) is 0 Å². The third kappa shape index (κ3) is 3.15. The summed E-state index contributed by atoms with van der Waals surface area (Å²) in [4.78, 5) is 19.4. The average molecular weight is 361 g/mol. The van der Waals surface area contributed by atoms with Crippen molar-refractivity contribution in [2.45, 2.75) is 44.5 Å². The van der Waals surface area contributed by atoms with Gasteiger partial charge in [0.15, 0.2) is 0 Å². The summed E-state index contributed by atoms with van der Waals surface area (Å²) in [6.45, 7) is 8.64. The Morgan fingerprint density at radius 1 is 1.23 bits per heavy atom. The van der Waals surface area contributed by atoms with Crippen LogP contribution in [0.25, 0.3) is 0 Å². The molecule has 2 atom stereocenters. The van der Waals surface area contributed by atoms with Gasteiger partial charge in [-0.15, -0.1) is 0 Å². The fourth-order valence-corrected chi connectivity index (χ4v) is 4.97. The van der Waals surface area contributed by atoms with Gasteiger partial charge in [0.1, 0.15) is 5.82 Å². The number of piperazine rings is 1. The lowest BCUT2D eigenvalue weighted by Gasteiger charge is -2.61. The van der Waals surface area contributed by atoms with Crippen molar-refractivity contribution in [2.75, 3.05) is 32.7 Å². The maximum atomic E-state index is 13.1. The Labute approximate surface area is 154 Å². The van der Waals surface area contributed by atoms with Crippen LogP contribution in [0.5, 0.6) is 0 Å². The summed E-state index contributed by atoms with van der Waals surface area (Å²) >= 11 is 0. The molecule has 142 valence electrons. The lowest BCUT2D eigenvalue weighted by atomic mass is 9.83. The molecule has 0 bridgehead atoms. The molecule has 4 rings (SSSR count). The summed E-state index contributed by atoms with van der Waals surface area (Å²) in [6.07, 6.45) is 0.457. The number of aliphatic hydroxyl groups is 1. The third-order valence-corrected chi connectivity index (χ3v) is 6.08. The molecule has 0 saturated carbocycles. The van der Waals surface area contributed by atoms with Crippen molar-refractivity contribution in [3.05, 3.63) is 35.6 Å². The highest BCUT2D eigenvalue weighted by Crippen LogP contribution is 2.39. The van der Waals surface area contributed by atoms with Crippen LogP contribution in [0.15, 0.2) is 24.3 Å². The first-order valence-corrected chi connectivity index (χ1v) is 9.57. The number of likely N-dealkylation sites (tertiary alicyclic amines) is 1. The van der Waals surface area contributed by atoms with E-state index in [1.165, 1.54) is 12.1 Å². The predicted octanol–water partition coefficient (Wildman–Crippen LogP) is 1.31. The highest BCUT2D eigenvalue weighted by atomic mass is 19.1. The number of halogens is 1. The number of benzene rings is 1. The Morgan fingerprint density at radius 3 is 2.58 bits per heavy atom. The number of β-amino-alcohol motifs (C(OH)–C–C–N with tert-alkyl or cyclic N) is 1. The molecule has 0 aliphatic carbocycles. The number of rotatable bonds is 3. The second-order valence-corrected chi connectivity index (χ2v) is 8.57. The van der Waals surface area contributed by atoms with Crippen molar-refractivity contribution in [2.24, 2.45) is 5.92 Å².